The summed E-state index contributed by atoms with van der Waals surface area (Å²) in [6, 6.07) is 14.2. The molecule has 0 spiro atoms. The molecule has 0 aliphatic heterocycles. The summed E-state index contributed by atoms with van der Waals surface area (Å²) in [5, 5.41) is 14.1. The lowest BCUT2D eigenvalue weighted by Crippen LogP contribution is -2.28. The number of aryl methyl sites for hydroxylation is 2. The van der Waals surface area contributed by atoms with Crippen molar-refractivity contribution in [2.75, 3.05) is 6.54 Å². The highest BCUT2D eigenvalue weighted by atomic mass is 19.1. The molecule has 2 aromatic carbocycles. The smallest absolute Gasteiger partial charge is 0.220 e. The molecule has 5 heteroatoms. The van der Waals surface area contributed by atoms with Crippen LogP contribution in [0.25, 0.3) is 10.9 Å². The molecule has 25 heavy (non-hydrogen) atoms. The Kier molecular flexibility index (Phi) is 5.14. The number of aliphatic hydroxyl groups is 1. The zero-order valence-electron chi connectivity index (χ0n) is 14.1. The van der Waals surface area contributed by atoms with E-state index in [4.69, 9.17) is 0 Å². The highest BCUT2D eigenvalue weighted by molar-refractivity contribution is 5.84. The zero-order chi connectivity index (χ0) is 17.8. The van der Waals surface area contributed by atoms with Gasteiger partial charge in [-0.3, -0.25) is 4.79 Å². The van der Waals surface area contributed by atoms with E-state index >= 15 is 0 Å². The monoisotopic (exact) mass is 340 g/mol. The van der Waals surface area contributed by atoms with E-state index in [0.717, 1.165) is 16.5 Å². The molecule has 0 aliphatic carbocycles. The molecule has 0 bridgehead atoms. The Hall–Kier alpha value is -2.66. The molecule has 1 amide bonds. The molecule has 1 atom stereocenters. The standard InChI is InChI=1S/C20H21FN2O2/c1-23-13-16(15-7-3-5-9-18(15)23)19(24)12-22-20(25)11-10-14-6-2-4-8-17(14)21/h2-9,13,19,24H,10-12H2,1H3,(H,22,25)/t19-/m1/s1. The summed E-state index contributed by atoms with van der Waals surface area (Å²) in [5.74, 6) is -0.506. The molecule has 3 rings (SSSR count). The van der Waals surface area contributed by atoms with Gasteiger partial charge in [-0.25, -0.2) is 4.39 Å². The van der Waals surface area contributed by atoms with Crippen LogP contribution in [0, 0.1) is 5.82 Å². The minimum absolute atomic E-state index is 0.129. The van der Waals surface area contributed by atoms with Crippen molar-refractivity contribution in [3.05, 3.63) is 71.7 Å². The Morgan fingerprint density at radius 3 is 2.72 bits per heavy atom. The average molecular weight is 340 g/mol. The fourth-order valence-electron chi connectivity index (χ4n) is 3.00. The fraction of sp³-hybridized carbons (Fsp3) is 0.250. The normalized spacial score (nSPS) is 12.3. The van der Waals surface area contributed by atoms with Crippen molar-refractivity contribution in [2.24, 2.45) is 7.05 Å². The Labute approximate surface area is 145 Å². The molecular weight excluding hydrogens is 319 g/mol. The topological polar surface area (TPSA) is 54.3 Å². The van der Waals surface area contributed by atoms with Crippen LogP contribution in [0.15, 0.2) is 54.7 Å². The van der Waals surface area contributed by atoms with E-state index in [0.29, 0.717) is 12.0 Å². The number of hydrogen-bond acceptors (Lipinski definition) is 2. The molecule has 2 N–H and O–H groups in total. The fourth-order valence-corrected chi connectivity index (χ4v) is 3.00. The van der Waals surface area contributed by atoms with Gasteiger partial charge in [0.25, 0.3) is 0 Å². The first-order valence-corrected chi connectivity index (χ1v) is 8.28. The van der Waals surface area contributed by atoms with Crippen molar-refractivity contribution in [2.45, 2.75) is 18.9 Å². The number of fused-ring (bicyclic) bond motifs is 1. The van der Waals surface area contributed by atoms with Gasteiger partial charge in [-0.15, -0.1) is 0 Å². The Morgan fingerprint density at radius 1 is 1.20 bits per heavy atom. The summed E-state index contributed by atoms with van der Waals surface area (Å²) in [6.07, 6.45) is 1.61. The van der Waals surface area contributed by atoms with Crippen LogP contribution >= 0.6 is 0 Å². The van der Waals surface area contributed by atoms with Crippen LogP contribution in [0.4, 0.5) is 4.39 Å². The molecule has 1 aromatic heterocycles. The van der Waals surface area contributed by atoms with Gasteiger partial charge >= 0.3 is 0 Å². The second-order valence-electron chi connectivity index (χ2n) is 6.12. The molecule has 1 heterocycles. The number of amides is 1. The van der Waals surface area contributed by atoms with E-state index < -0.39 is 6.10 Å². The number of hydrogen-bond donors (Lipinski definition) is 2. The van der Waals surface area contributed by atoms with E-state index in [1.807, 2.05) is 42.1 Å². The Balaban J connectivity index is 1.57. The van der Waals surface area contributed by atoms with Gasteiger partial charge in [0.15, 0.2) is 0 Å². The minimum Gasteiger partial charge on any atom is -0.386 e. The van der Waals surface area contributed by atoms with Crippen molar-refractivity contribution in [1.82, 2.24) is 9.88 Å². The van der Waals surface area contributed by atoms with Gasteiger partial charge in [-0.2, -0.15) is 0 Å². The van der Waals surface area contributed by atoms with Crippen LogP contribution in [-0.2, 0) is 18.3 Å². The SMILES string of the molecule is Cn1cc([C@H](O)CNC(=O)CCc2ccccc2F)c2ccccc21. The highest BCUT2D eigenvalue weighted by Crippen LogP contribution is 2.25. The van der Waals surface area contributed by atoms with Crippen LogP contribution in [0.5, 0.6) is 0 Å². The van der Waals surface area contributed by atoms with Crippen molar-refractivity contribution >= 4 is 16.8 Å². The molecule has 4 nitrogen and oxygen atoms in total. The lowest BCUT2D eigenvalue weighted by Gasteiger charge is -2.11. The first kappa shape index (κ1) is 17.2. The summed E-state index contributed by atoms with van der Waals surface area (Å²) < 4.78 is 15.5. The van der Waals surface area contributed by atoms with E-state index in [2.05, 4.69) is 5.32 Å². The van der Waals surface area contributed by atoms with Crippen LogP contribution < -0.4 is 5.32 Å². The number of para-hydroxylation sites is 1. The van der Waals surface area contributed by atoms with Gasteiger partial charge in [0.05, 0.1) is 6.10 Å². The maximum absolute atomic E-state index is 13.6. The molecule has 0 saturated heterocycles. The minimum atomic E-state index is -0.788. The Morgan fingerprint density at radius 2 is 1.92 bits per heavy atom. The molecule has 0 aliphatic rings. The van der Waals surface area contributed by atoms with Crippen molar-refractivity contribution in [1.29, 1.82) is 0 Å². The first-order chi connectivity index (χ1) is 12.1. The average Bonchev–Trinajstić information content (AvgIpc) is 2.96. The van der Waals surface area contributed by atoms with Crippen molar-refractivity contribution in [3.8, 4) is 0 Å². The summed E-state index contributed by atoms with van der Waals surface area (Å²) in [4.78, 5) is 12.0. The lowest BCUT2D eigenvalue weighted by atomic mass is 10.1. The van der Waals surface area contributed by atoms with Crippen LogP contribution in [0.2, 0.25) is 0 Å². The zero-order valence-corrected chi connectivity index (χ0v) is 14.1. The molecule has 0 radical (unpaired) electrons. The number of benzene rings is 2. The molecular formula is C20H21FN2O2. The van der Waals surface area contributed by atoms with Gasteiger partial charge in [0, 0.05) is 42.7 Å². The molecule has 0 fully saturated rings. The first-order valence-electron chi connectivity index (χ1n) is 8.28. The van der Waals surface area contributed by atoms with Gasteiger partial charge in [-0.05, 0) is 24.1 Å². The molecule has 3 aromatic rings. The predicted molar refractivity (Wildman–Crippen MR) is 95.6 cm³/mol. The third kappa shape index (κ3) is 3.88. The molecule has 130 valence electrons. The highest BCUT2D eigenvalue weighted by Gasteiger charge is 2.15. The number of carbonyl (C=O) groups is 1. The molecule has 0 saturated carbocycles. The number of rotatable bonds is 6. The van der Waals surface area contributed by atoms with Crippen LogP contribution in [-0.4, -0.2) is 22.1 Å². The summed E-state index contributed by atoms with van der Waals surface area (Å²) in [7, 11) is 1.92. The van der Waals surface area contributed by atoms with Crippen LogP contribution in [0.3, 0.4) is 0 Å². The number of aliphatic hydroxyl groups excluding tert-OH is 1. The summed E-state index contributed by atoms with van der Waals surface area (Å²) in [6.45, 7) is 0.129. The second-order valence-corrected chi connectivity index (χ2v) is 6.12. The third-order valence-electron chi connectivity index (χ3n) is 4.36. The van der Waals surface area contributed by atoms with Gasteiger partial charge < -0.3 is 15.0 Å². The number of nitrogens with one attached hydrogen (secondary N) is 1. The largest absolute Gasteiger partial charge is 0.386 e. The quantitative estimate of drug-likeness (QED) is 0.724. The number of aromatic nitrogens is 1. The number of halogens is 1. The van der Waals surface area contributed by atoms with Gasteiger partial charge in [-0.1, -0.05) is 36.4 Å². The van der Waals surface area contributed by atoms with Gasteiger partial charge in [0.1, 0.15) is 5.82 Å². The third-order valence-corrected chi connectivity index (χ3v) is 4.36. The number of carbonyl (C=O) groups excluding carboxylic acids is 1. The van der Waals surface area contributed by atoms with E-state index in [9.17, 15) is 14.3 Å². The summed E-state index contributed by atoms with van der Waals surface area (Å²) in [5.41, 5.74) is 2.34. The van der Waals surface area contributed by atoms with E-state index in [1.54, 1.807) is 18.2 Å². The molecule has 0 unspecified atom stereocenters. The number of nitrogens with zero attached hydrogens (tertiary/aromatic N) is 1. The lowest BCUT2D eigenvalue weighted by molar-refractivity contribution is -0.121. The summed E-state index contributed by atoms with van der Waals surface area (Å²) >= 11 is 0. The maximum Gasteiger partial charge on any atom is 0.220 e. The van der Waals surface area contributed by atoms with Crippen LogP contribution in [0.1, 0.15) is 23.7 Å². The Bertz CT molecular complexity index is 888. The van der Waals surface area contributed by atoms with E-state index in [1.165, 1.54) is 6.07 Å². The second kappa shape index (κ2) is 7.49. The van der Waals surface area contributed by atoms with E-state index in [-0.39, 0.29) is 24.7 Å². The van der Waals surface area contributed by atoms with Crippen molar-refractivity contribution < 1.29 is 14.3 Å². The predicted octanol–water partition coefficient (Wildman–Crippen LogP) is 3.10. The maximum atomic E-state index is 13.6. The van der Waals surface area contributed by atoms with Gasteiger partial charge in [0.2, 0.25) is 5.91 Å². The van der Waals surface area contributed by atoms with Crippen molar-refractivity contribution in [3.63, 3.8) is 0 Å².